The quantitative estimate of drug-likeness (QED) is 0.529. The highest BCUT2D eigenvalue weighted by atomic mass is 19.4. The average molecular weight is 392 g/mol. The molecule has 0 aliphatic heterocycles. The van der Waals surface area contributed by atoms with Gasteiger partial charge in [0.25, 0.3) is 0 Å². The third-order valence-corrected chi connectivity index (χ3v) is 4.04. The van der Waals surface area contributed by atoms with Crippen LogP contribution in [0.4, 0.5) is 13.2 Å². The van der Waals surface area contributed by atoms with Gasteiger partial charge in [0, 0.05) is 22.7 Å². The van der Waals surface area contributed by atoms with Gasteiger partial charge in [-0.2, -0.15) is 0 Å². The van der Waals surface area contributed by atoms with Crippen molar-refractivity contribution in [2.75, 3.05) is 7.11 Å². The van der Waals surface area contributed by atoms with E-state index >= 15 is 0 Å². The van der Waals surface area contributed by atoms with Crippen molar-refractivity contribution < 1.29 is 32.2 Å². The maximum absolute atomic E-state index is 12.9. The number of hydrogen-bond donors (Lipinski definition) is 1. The number of methoxy groups -OCH3 is 1. The van der Waals surface area contributed by atoms with Gasteiger partial charge in [-0.3, -0.25) is 14.6 Å². The summed E-state index contributed by atoms with van der Waals surface area (Å²) in [4.78, 5) is 31.6. The van der Waals surface area contributed by atoms with Crippen molar-refractivity contribution in [2.45, 2.75) is 19.7 Å². The molecule has 9 heteroatoms. The topological polar surface area (TPSA) is 81.3 Å². The van der Waals surface area contributed by atoms with E-state index in [9.17, 15) is 22.8 Å². The van der Waals surface area contributed by atoms with E-state index in [-0.39, 0.29) is 28.8 Å². The van der Waals surface area contributed by atoms with Crippen LogP contribution in [0.1, 0.15) is 27.3 Å². The van der Waals surface area contributed by atoms with Crippen LogP contribution in [0.5, 0.6) is 5.75 Å². The molecule has 0 bridgehead atoms. The summed E-state index contributed by atoms with van der Waals surface area (Å²) in [5, 5.41) is 0.253. The third kappa shape index (κ3) is 4.13. The summed E-state index contributed by atoms with van der Waals surface area (Å²) >= 11 is 0. The number of benzene rings is 1. The Labute approximate surface area is 157 Å². The number of nitrogens with zero attached hydrogens (tertiary/aromatic N) is 1. The molecule has 0 saturated carbocycles. The van der Waals surface area contributed by atoms with E-state index in [0.29, 0.717) is 5.52 Å². The summed E-state index contributed by atoms with van der Waals surface area (Å²) in [5.74, 6) is -1.59. The van der Waals surface area contributed by atoms with Gasteiger partial charge in [-0.15, -0.1) is 13.2 Å². The maximum atomic E-state index is 12.9. The first kappa shape index (κ1) is 19.4. The van der Waals surface area contributed by atoms with E-state index in [2.05, 4.69) is 19.4 Å². The molecule has 146 valence electrons. The minimum absolute atomic E-state index is 0.0580. The second-order valence-corrected chi connectivity index (χ2v) is 6.03. The minimum atomic E-state index is -4.86. The molecule has 0 atom stereocenters. The summed E-state index contributed by atoms with van der Waals surface area (Å²) < 4.78 is 46.2. The predicted octanol–water partition coefficient (Wildman–Crippen LogP) is 3.72. The zero-order valence-corrected chi connectivity index (χ0v) is 14.9. The Bertz CT molecular complexity index is 1060. The van der Waals surface area contributed by atoms with Gasteiger partial charge in [0.15, 0.2) is 0 Å². The number of esters is 1. The van der Waals surface area contributed by atoms with Crippen LogP contribution in [-0.2, 0) is 16.0 Å². The molecule has 3 rings (SSSR count). The highest BCUT2D eigenvalue weighted by Crippen LogP contribution is 2.31. The van der Waals surface area contributed by atoms with E-state index in [1.165, 1.54) is 19.4 Å². The van der Waals surface area contributed by atoms with Gasteiger partial charge in [-0.25, -0.2) is 0 Å². The van der Waals surface area contributed by atoms with Gasteiger partial charge >= 0.3 is 12.3 Å². The monoisotopic (exact) mass is 392 g/mol. The van der Waals surface area contributed by atoms with Gasteiger partial charge in [0.05, 0.1) is 19.2 Å². The number of ether oxygens (including phenoxy) is 2. The van der Waals surface area contributed by atoms with Crippen LogP contribution in [0, 0.1) is 6.92 Å². The van der Waals surface area contributed by atoms with E-state index in [1.54, 1.807) is 19.1 Å². The number of ketones is 1. The van der Waals surface area contributed by atoms with Crippen LogP contribution < -0.4 is 4.74 Å². The van der Waals surface area contributed by atoms with Crippen LogP contribution in [0.15, 0.2) is 36.5 Å². The van der Waals surface area contributed by atoms with Crippen molar-refractivity contribution >= 4 is 22.7 Å². The first-order valence-electron chi connectivity index (χ1n) is 8.12. The molecule has 2 aromatic heterocycles. The zero-order valence-electron chi connectivity index (χ0n) is 14.9. The molecule has 2 heterocycles. The molecule has 0 amide bonds. The Morgan fingerprint density at radius 2 is 1.93 bits per heavy atom. The lowest BCUT2D eigenvalue weighted by atomic mass is 10.0. The Hall–Kier alpha value is -3.36. The number of hydrogen-bond acceptors (Lipinski definition) is 5. The lowest BCUT2D eigenvalue weighted by molar-refractivity contribution is -0.274. The molecule has 0 unspecified atom stereocenters. The summed E-state index contributed by atoms with van der Waals surface area (Å²) in [7, 11) is 1.18. The number of H-pyrrole nitrogens is 1. The fourth-order valence-corrected chi connectivity index (χ4v) is 2.81. The number of aromatic amines is 1. The summed E-state index contributed by atoms with van der Waals surface area (Å²) in [6.07, 6.45) is -3.70. The molecule has 0 radical (unpaired) electrons. The summed E-state index contributed by atoms with van der Waals surface area (Å²) in [6.45, 7) is 1.79. The van der Waals surface area contributed by atoms with Crippen LogP contribution in [0.25, 0.3) is 10.9 Å². The summed E-state index contributed by atoms with van der Waals surface area (Å²) in [6, 6.07) is 6.88. The first-order valence-corrected chi connectivity index (χ1v) is 8.12. The van der Waals surface area contributed by atoms with Crippen LogP contribution in [0.2, 0.25) is 0 Å². The van der Waals surface area contributed by atoms with Crippen LogP contribution in [0.3, 0.4) is 0 Å². The van der Waals surface area contributed by atoms with Crippen molar-refractivity contribution in [1.29, 1.82) is 0 Å². The zero-order chi connectivity index (χ0) is 20.5. The molecule has 1 aromatic carbocycles. The van der Waals surface area contributed by atoms with Gasteiger partial charge in [-0.05, 0) is 42.8 Å². The number of carbonyl (C=O) groups is 2. The minimum Gasteiger partial charge on any atom is -0.469 e. The molecule has 0 spiro atoms. The summed E-state index contributed by atoms with van der Waals surface area (Å²) in [5.41, 5.74) is 1.60. The van der Waals surface area contributed by atoms with Gasteiger partial charge in [0.2, 0.25) is 5.78 Å². The number of rotatable bonds is 5. The number of halogens is 3. The lowest BCUT2D eigenvalue weighted by Gasteiger charge is -2.09. The van der Waals surface area contributed by atoms with E-state index in [1.807, 2.05) is 0 Å². The Kier molecular flexibility index (Phi) is 5.08. The Morgan fingerprint density at radius 1 is 1.18 bits per heavy atom. The molecular weight excluding hydrogens is 377 g/mol. The number of alkyl halides is 3. The number of aryl methyl sites for hydroxylation is 1. The SMILES string of the molecule is COC(=O)Cc1c(C(=O)c2cc(C)ccn2)[nH]c2ccc(OC(F)(F)F)cc12. The molecular formula is C19H15F3N2O4. The molecule has 0 saturated heterocycles. The Balaban J connectivity index is 2.14. The fraction of sp³-hybridized carbons (Fsp3) is 0.211. The van der Waals surface area contributed by atoms with Crippen molar-refractivity contribution in [3.8, 4) is 5.75 Å². The third-order valence-electron chi connectivity index (χ3n) is 4.04. The highest BCUT2D eigenvalue weighted by molar-refractivity contribution is 6.11. The molecule has 0 fully saturated rings. The molecule has 0 aliphatic rings. The van der Waals surface area contributed by atoms with E-state index in [4.69, 9.17) is 0 Å². The number of carbonyl (C=O) groups excluding carboxylic acids is 2. The van der Waals surface area contributed by atoms with Crippen LogP contribution >= 0.6 is 0 Å². The standard InChI is InChI=1S/C19H15F3N2O4/c1-10-5-6-23-15(7-10)18(26)17-13(9-16(25)27-2)12-8-11(28-19(20,21)22)3-4-14(12)24-17/h3-8,24H,9H2,1-2H3. The van der Waals surface area contributed by atoms with Crippen LogP contribution in [-0.4, -0.2) is 35.2 Å². The number of nitrogens with one attached hydrogen (secondary N) is 1. The molecule has 0 aliphatic carbocycles. The van der Waals surface area contributed by atoms with Gasteiger partial charge in [-0.1, -0.05) is 0 Å². The molecule has 3 aromatic rings. The Morgan fingerprint density at radius 3 is 2.57 bits per heavy atom. The number of pyridine rings is 1. The molecule has 28 heavy (non-hydrogen) atoms. The highest BCUT2D eigenvalue weighted by Gasteiger charge is 2.31. The second kappa shape index (κ2) is 7.34. The molecule has 6 nitrogen and oxygen atoms in total. The average Bonchev–Trinajstić information content (AvgIpc) is 2.97. The largest absolute Gasteiger partial charge is 0.573 e. The van der Waals surface area contributed by atoms with Gasteiger partial charge in [0.1, 0.15) is 11.4 Å². The van der Waals surface area contributed by atoms with Gasteiger partial charge < -0.3 is 14.5 Å². The smallest absolute Gasteiger partial charge is 0.469 e. The maximum Gasteiger partial charge on any atom is 0.573 e. The second-order valence-electron chi connectivity index (χ2n) is 6.03. The fourth-order valence-electron chi connectivity index (χ4n) is 2.81. The number of aromatic nitrogens is 2. The van der Waals surface area contributed by atoms with Crippen molar-refractivity contribution in [2.24, 2.45) is 0 Å². The first-order chi connectivity index (χ1) is 13.2. The number of fused-ring (bicyclic) bond motifs is 1. The van der Waals surface area contributed by atoms with Crippen molar-refractivity contribution in [3.05, 3.63) is 59.0 Å². The molecule has 1 N–H and O–H groups in total. The van der Waals surface area contributed by atoms with E-state index < -0.39 is 23.9 Å². The van der Waals surface area contributed by atoms with Crippen molar-refractivity contribution in [3.63, 3.8) is 0 Å². The predicted molar refractivity (Wildman–Crippen MR) is 93.1 cm³/mol. The van der Waals surface area contributed by atoms with Crippen molar-refractivity contribution in [1.82, 2.24) is 9.97 Å². The van der Waals surface area contributed by atoms with E-state index in [0.717, 1.165) is 17.7 Å². The lowest BCUT2D eigenvalue weighted by Crippen LogP contribution is -2.17. The normalized spacial score (nSPS) is 11.5.